The Hall–Kier alpha value is -3.12. The van der Waals surface area contributed by atoms with E-state index in [1.54, 1.807) is 42.9 Å². The van der Waals surface area contributed by atoms with Gasteiger partial charge in [0.05, 0.1) is 11.9 Å². The van der Waals surface area contributed by atoms with Crippen LogP contribution in [-0.2, 0) is 6.61 Å². The molecule has 4 rings (SSSR count). The highest BCUT2D eigenvalue weighted by molar-refractivity contribution is 5.43. The van der Waals surface area contributed by atoms with Crippen molar-refractivity contribution >= 4 is 0 Å². The number of nitrogens with zero attached hydrogens (tertiary/aromatic N) is 2. The molecule has 3 heterocycles. The van der Waals surface area contributed by atoms with Gasteiger partial charge >= 0.3 is 0 Å². The van der Waals surface area contributed by atoms with Gasteiger partial charge < -0.3 is 19.3 Å². The predicted molar refractivity (Wildman–Crippen MR) is 94.1 cm³/mol. The van der Waals surface area contributed by atoms with Gasteiger partial charge in [-0.15, -0.1) is 0 Å². The largest absolute Gasteiger partial charge is 0.489 e. The number of aliphatic hydroxyl groups is 1. The molecule has 3 aromatic rings. The number of fused-ring (bicyclic) bond motifs is 1. The summed E-state index contributed by atoms with van der Waals surface area (Å²) in [4.78, 5) is 8.24. The van der Waals surface area contributed by atoms with Crippen molar-refractivity contribution in [3.8, 4) is 17.2 Å². The number of benzene rings is 1. The van der Waals surface area contributed by atoms with E-state index in [4.69, 9.17) is 14.2 Å². The summed E-state index contributed by atoms with van der Waals surface area (Å²) < 4.78 is 17.3. The van der Waals surface area contributed by atoms with Crippen LogP contribution in [0.3, 0.4) is 0 Å². The van der Waals surface area contributed by atoms with Crippen molar-refractivity contribution in [2.24, 2.45) is 0 Å². The van der Waals surface area contributed by atoms with Crippen LogP contribution in [0.5, 0.6) is 17.2 Å². The molecule has 0 saturated carbocycles. The third kappa shape index (κ3) is 3.60. The summed E-state index contributed by atoms with van der Waals surface area (Å²) in [6.07, 6.45) is 3.66. The second kappa shape index (κ2) is 7.41. The first kappa shape index (κ1) is 16.4. The first-order valence-electron chi connectivity index (χ1n) is 8.34. The lowest BCUT2D eigenvalue weighted by molar-refractivity contribution is -0.0106. The maximum absolute atomic E-state index is 10.7. The second-order valence-corrected chi connectivity index (χ2v) is 5.91. The molecule has 0 fully saturated rings. The molecule has 26 heavy (non-hydrogen) atoms. The quantitative estimate of drug-likeness (QED) is 0.763. The van der Waals surface area contributed by atoms with E-state index in [0.717, 1.165) is 5.69 Å². The van der Waals surface area contributed by atoms with E-state index in [1.165, 1.54) is 0 Å². The van der Waals surface area contributed by atoms with Crippen LogP contribution in [0.25, 0.3) is 0 Å². The molecule has 1 aliphatic heterocycles. The van der Waals surface area contributed by atoms with Gasteiger partial charge in [0.1, 0.15) is 36.6 Å². The lowest BCUT2D eigenvalue weighted by Crippen LogP contribution is -2.35. The summed E-state index contributed by atoms with van der Waals surface area (Å²) in [6.45, 7) is 0.614. The molecule has 0 spiro atoms. The topological polar surface area (TPSA) is 73.7 Å². The molecule has 0 saturated heterocycles. The number of ether oxygens (including phenoxy) is 3. The van der Waals surface area contributed by atoms with E-state index in [2.05, 4.69) is 9.97 Å². The van der Waals surface area contributed by atoms with Crippen LogP contribution >= 0.6 is 0 Å². The van der Waals surface area contributed by atoms with Gasteiger partial charge in [-0.1, -0.05) is 6.07 Å². The third-order valence-corrected chi connectivity index (χ3v) is 4.09. The van der Waals surface area contributed by atoms with E-state index in [9.17, 15) is 5.11 Å². The second-order valence-electron chi connectivity index (χ2n) is 5.91. The van der Waals surface area contributed by atoms with Gasteiger partial charge in [-0.05, 0) is 42.5 Å². The Bertz CT molecular complexity index is 858. The molecule has 2 aromatic heterocycles. The number of rotatable bonds is 5. The molecular formula is C20H18N2O4. The molecular weight excluding hydrogens is 332 g/mol. The number of pyridine rings is 2. The van der Waals surface area contributed by atoms with E-state index in [0.29, 0.717) is 29.4 Å². The smallest absolute Gasteiger partial charge is 0.163 e. The highest BCUT2D eigenvalue weighted by Crippen LogP contribution is 2.36. The van der Waals surface area contributed by atoms with Gasteiger partial charge in [0.15, 0.2) is 6.10 Å². The molecule has 6 heteroatoms. The fourth-order valence-electron chi connectivity index (χ4n) is 2.77. The first-order valence-corrected chi connectivity index (χ1v) is 8.34. The molecule has 0 bridgehead atoms. The lowest BCUT2D eigenvalue weighted by atomic mass is 10.0. The summed E-state index contributed by atoms with van der Waals surface area (Å²) in [6, 6.07) is 14.6. The van der Waals surface area contributed by atoms with Crippen LogP contribution in [-0.4, -0.2) is 27.8 Å². The molecule has 2 atom stereocenters. The molecule has 132 valence electrons. The summed E-state index contributed by atoms with van der Waals surface area (Å²) in [5.41, 5.74) is 1.48. The van der Waals surface area contributed by atoms with Crippen molar-refractivity contribution < 1.29 is 19.3 Å². The maximum Gasteiger partial charge on any atom is 0.163 e. The van der Waals surface area contributed by atoms with Crippen LogP contribution in [0.1, 0.15) is 17.4 Å². The highest BCUT2D eigenvalue weighted by atomic mass is 16.5. The number of hydrogen-bond acceptors (Lipinski definition) is 6. The van der Waals surface area contributed by atoms with Gasteiger partial charge in [-0.25, -0.2) is 0 Å². The zero-order valence-corrected chi connectivity index (χ0v) is 14.0. The van der Waals surface area contributed by atoms with Crippen molar-refractivity contribution in [3.05, 3.63) is 78.4 Å². The minimum absolute atomic E-state index is 0.261. The van der Waals surface area contributed by atoms with Crippen LogP contribution in [0.4, 0.5) is 0 Å². The van der Waals surface area contributed by atoms with Gasteiger partial charge in [0.2, 0.25) is 0 Å². The van der Waals surface area contributed by atoms with Gasteiger partial charge in [-0.3, -0.25) is 9.97 Å². The summed E-state index contributed by atoms with van der Waals surface area (Å²) in [5, 5.41) is 10.7. The molecule has 0 aliphatic carbocycles. The zero-order valence-electron chi connectivity index (χ0n) is 14.0. The van der Waals surface area contributed by atoms with Crippen LogP contribution in [0, 0.1) is 0 Å². The molecule has 1 aromatic carbocycles. The maximum atomic E-state index is 10.7. The Morgan fingerprint density at radius 1 is 1.08 bits per heavy atom. The Balaban J connectivity index is 1.48. The Labute approximate surface area is 151 Å². The minimum atomic E-state index is -0.822. The van der Waals surface area contributed by atoms with E-state index in [1.807, 2.05) is 24.3 Å². The van der Waals surface area contributed by atoms with E-state index < -0.39 is 12.2 Å². The Morgan fingerprint density at radius 3 is 2.85 bits per heavy atom. The third-order valence-electron chi connectivity index (χ3n) is 4.09. The van der Waals surface area contributed by atoms with Gasteiger partial charge in [0.25, 0.3) is 0 Å². The normalized spacial score (nSPS) is 18.5. The van der Waals surface area contributed by atoms with Gasteiger partial charge in [-0.2, -0.15) is 0 Å². The first-order chi connectivity index (χ1) is 12.8. The lowest BCUT2D eigenvalue weighted by Gasteiger charge is -2.30. The predicted octanol–water partition coefficient (Wildman–Crippen LogP) is 2.93. The molecule has 0 radical (unpaired) electrons. The molecule has 0 unspecified atom stereocenters. The standard InChI is InChI=1S/C20H18N2O4/c23-20-17-10-15(24-12-14-4-1-2-9-22-14)6-7-18(17)25-13-19(20)26-16-5-3-8-21-11-16/h1-11,19-20,23H,12-13H2/t19-,20+/m1/s1. The average Bonchev–Trinajstić information content (AvgIpc) is 2.70. The van der Waals surface area contributed by atoms with Crippen LogP contribution < -0.4 is 14.2 Å². The molecule has 6 nitrogen and oxygen atoms in total. The molecule has 1 N–H and O–H groups in total. The Morgan fingerprint density at radius 2 is 2.04 bits per heavy atom. The van der Waals surface area contributed by atoms with Crippen molar-refractivity contribution in [1.82, 2.24) is 9.97 Å². The molecule has 0 amide bonds. The fraction of sp³-hybridized carbons (Fsp3) is 0.200. The zero-order chi connectivity index (χ0) is 17.8. The molecule has 1 aliphatic rings. The van der Waals surface area contributed by atoms with Crippen molar-refractivity contribution in [2.45, 2.75) is 18.8 Å². The van der Waals surface area contributed by atoms with Crippen molar-refractivity contribution in [1.29, 1.82) is 0 Å². The van der Waals surface area contributed by atoms with Crippen LogP contribution in [0.2, 0.25) is 0 Å². The Kier molecular flexibility index (Phi) is 4.66. The number of aliphatic hydroxyl groups excluding tert-OH is 1. The summed E-state index contributed by atoms with van der Waals surface area (Å²) in [5.74, 6) is 1.86. The SMILES string of the molecule is O[C@H]1c2cc(OCc3ccccn3)ccc2OC[C@H]1Oc1cccnc1. The van der Waals surface area contributed by atoms with E-state index >= 15 is 0 Å². The number of aromatic nitrogens is 2. The number of hydrogen-bond donors (Lipinski definition) is 1. The fourth-order valence-corrected chi connectivity index (χ4v) is 2.77. The monoisotopic (exact) mass is 350 g/mol. The van der Waals surface area contributed by atoms with Crippen molar-refractivity contribution in [2.75, 3.05) is 6.61 Å². The van der Waals surface area contributed by atoms with Gasteiger partial charge in [0, 0.05) is 18.0 Å². The van der Waals surface area contributed by atoms with E-state index in [-0.39, 0.29) is 6.61 Å². The summed E-state index contributed by atoms with van der Waals surface area (Å²) in [7, 11) is 0. The van der Waals surface area contributed by atoms with Crippen molar-refractivity contribution in [3.63, 3.8) is 0 Å². The minimum Gasteiger partial charge on any atom is -0.489 e. The summed E-state index contributed by atoms with van der Waals surface area (Å²) >= 11 is 0. The highest BCUT2D eigenvalue weighted by Gasteiger charge is 2.31. The average molecular weight is 350 g/mol. The van der Waals surface area contributed by atoms with Crippen LogP contribution in [0.15, 0.2) is 67.1 Å².